The number of hydrogen-bond acceptors (Lipinski definition) is 3. The third-order valence-electron chi connectivity index (χ3n) is 2.80. The zero-order valence-corrected chi connectivity index (χ0v) is 11.2. The number of aromatic nitrogens is 1. The predicted molar refractivity (Wildman–Crippen MR) is 76.3 cm³/mol. The van der Waals surface area contributed by atoms with Crippen molar-refractivity contribution < 1.29 is 4.79 Å². The number of amides is 1. The van der Waals surface area contributed by atoms with Gasteiger partial charge in [-0.25, -0.2) is 0 Å². The zero-order chi connectivity index (χ0) is 13.8. The van der Waals surface area contributed by atoms with E-state index in [1.54, 1.807) is 30.5 Å². The van der Waals surface area contributed by atoms with Crippen LogP contribution in [0.1, 0.15) is 21.6 Å². The molecule has 0 aliphatic rings. The van der Waals surface area contributed by atoms with Crippen molar-refractivity contribution in [1.82, 2.24) is 4.98 Å². The fourth-order valence-electron chi connectivity index (χ4n) is 1.67. The van der Waals surface area contributed by atoms with Crippen LogP contribution in [-0.4, -0.2) is 10.9 Å². The largest absolute Gasteiger partial charge is 0.325 e. The molecule has 98 valence electrons. The Morgan fingerprint density at radius 3 is 2.95 bits per heavy atom. The Morgan fingerprint density at radius 1 is 1.42 bits per heavy atom. The number of hydrogen-bond donors (Lipinski definition) is 2. The SMILES string of the molecule is Cc1c(Cl)cccc1NC(=O)c1ccnc(CN)c1. The zero-order valence-electron chi connectivity index (χ0n) is 10.5. The molecule has 0 saturated carbocycles. The first-order chi connectivity index (χ1) is 9.11. The van der Waals surface area contributed by atoms with Crippen LogP contribution in [0.3, 0.4) is 0 Å². The Labute approximate surface area is 116 Å². The lowest BCUT2D eigenvalue weighted by molar-refractivity contribution is 0.102. The van der Waals surface area contributed by atoms with E-state index in [0.717, 1.165) is 5.56 Å². The molecule has 4 nitrogen and oxygen atoms in total. The summed E-state index contributed by atoms with van der Waals surface area (Å²) in [6, 6.07) is 8.71. The van der Waals surface area contributed by atoms with Gasteiger partial charge in [0.25, 0.3) is 5.91 Å². The molecule has 0 saturated heterocycles. The predicted octanol–water partition coefficient (Wildman–Crippen LogP) is 2.75. The first kappa shape index (κ1) is 13.5. The van der Waals surface area contributed by atoms with Gasteiger partial charge in [0.05, 0.1) is 5.69 Å². The lowest BCUT2D eigenvalue weighted by Gasteiger charge is -2.09. The Bertz CT molecular complexity index is 613. The summed E-state index contributed by atoms with van der Waals surface area (Å²) < 4.78 is 0. The monoisotopic (exact) mass is 275 g/mol. The summed E-state index contributed by atoms with van der Waals surface area (Å²) >= 11 is 6.01. The van der Waals surface area contributed by atoms with Crippen LogP contribution in [0, 0.1) is 6.92 Å². The second kappa shape index (κ2) is 5.82. The first-order valence-corrected chi connectivity index (χ1v) is 6.21. The molecule has 0 radical (unpaired) electrons. The van der Waals surface area contributed by atoms with Gasteiger partial charge < -0.3 is 11.1 Å². The number of pyridine rings is 1. The molecule has 2 rings (SSSR count). The van der Waals surface area contributed by atoms with Crippen molar-refractivity contribution in [2.45, 2.75) is 13.5 Å². The molecule has 0 aliphatic heterocycles. The molecule has 0 bridgehead atoms. The van der Waals surface area contributed by atoms with Crippen molar-refractivity contribution in [3.05, 3.63) is 58.4 Å². The fraction of sp³-hybridized carbons (Fsp3) is 0.143. The molecule has 3 N–H and O–H groups in total. The number of benzene rings is 1. The Hall–Kier alpha value is -1.91. The van der Waals surface area contributed by atoms with E-state index >= 15 is 0 Å². The molecule has 1 amide bonds. The van der Waals surface area contributed by atoms with Gasteiger partial charge in [-0.2, -0.15) is 0 Å². The van der Waals surface area contributed by atoms with E-state index in [1.165, 1.54) is 0 Å². The van der Waals surface area contributed by atoms with Gasteiger partial charge >= 0.3 is 0 Å². The number of carbonyl (C=O) groups excluding carboxylic acids is 1. The molecule has 0 spiro atoms. The molecule has 2 aromatic rings. The summed E-state index contributed by atoms with van der Waals surface area (Å²) in [7, 11) is 0. The third kappa shape index (κ3) is 3.10. The van der Waals surface area contributed by atoms with Crippen LogP contribution >= 0.6 is 11.6 Å². The Balaban J connectivity index is 2.23. The quantitative estimate of drug-likeness (QED) is 0.905. The van der Waals surface area contributed by atoms with Crippen LogP contribution in [0.5, 0.6) is 0 Å². The molecule has 0 unspecified atom stereocenters. The van der Waals surface area contributed by atoms with Crippen LogP contribution in [0.15, 0.2) is 36.5 Å². The van der Waals surface area contributed by atoms with Gasteiger partial charge in [0, 0.05) is 29.0 Å². The fourth-order valence-corrected chi connectivity index (χ4v) is 1.84. The normalized spacial score (nSPS) is 10.3. The highest BCUT2D eigenvalue weighted by Crippen LogP contribution is 2.23. The van der Waals surface area contributed by atoms with Gasteiger partial charge in [-0.3, -0.25) is 9.78 Å². The summed E-state index contributed by atoms with van der Waals surface area (Å²) in [5.41, 5.74) is 8.24. The highest BCUT2D eigenvalue weighted by molar-refractivity contribution is 6.31. The van der Waals surface area contributed by atoms with Crippen LogP contribution in [0.4, 0.5) is 5.69 Å². The van der Waals surface area contributed by atoms with Crippen molar-refractivity contribution in [3.8, 4) is 0 Å². The van der Waals surface area contributed by atoms with Gasteiger partial charge in [-0.15, -0.1) is 0 Å². The minimum absolute atomic E-state index is 0.206. The molecule has 19 heavy (non-hydrogen) atoms. The first-order valence-electron chi connectivity index (χ1n) is 5.83. The van der Waals surface area contributed by atoms with Gasteiger partial charge in [-0.1, -0.05) is 17.7 Å². The average Bonchev–Trinajstić information content (AvgIpc) is 2.44. The smallest absolute Gasteiger partial charge is 0.255 e. The van der Waals surface area contributed by atoms with Gasteiger partial charge in [0.1, 0.15) is 0 Å². The average molecular weight is 276 g/mol. The van der Waals surface area contributed by atoms with Gasteiger partial charge in [-0.05, 0) is 36.8 Å². The number of nitrogens with one attached hydrogen (secondary N) is 1. The topological polar surface area (TPSA) is 68.0 Å². The van der Waals surface area contributed by atoms with E-state index in [4.69, 9.17) is 17.3 Å². The molecule has 0 fully saturated rings. The van der Waals surface area contributed by atoms with E-state index in [-0.39, 0.29) is 5.91 Å². The summed E-state index contributed by atoms with van der Waals surface area (Å²) in [6.45, 7) is 2.16. The molecule has 0 aliphatic carbocycles. The highest BCUT2D eigenvalue weighted by atomic mass is 35.5. The minimum atomic E-state index is -0.206. The van der Waals surface area contributed by atoms with Crippen LogP contribution in [0.25, 0.3) is 0 Å². The summed E-state index contributed by atoms with van der Waals surface area (Å²) in [5, 5.41) is 3.45. The van der Waals surface area contributed by atoms with E-state index in [1.807, 2.05) is 13.0 Å². The lowest BCUT2D eigenvalue weighted by Crippen LogP contribution is -2.14. The van der Waals surface area contributed by atoms with E-state index in [0.29, 0.717) is 28.5 Å². The van der Waals surface area contributed by atoms with Crippen LogP contribution < -0.4 is 11.1 Å². The standard InChI is InChI=1S/C14H14ClN3O/c1-9-12(15)3-2-4-13(9)18-14(19)10-5-6-17-11(7-10)8-16/h2-7H,8,16H2,1H3,(H,18,19). The Morgan fingerprint density at radius 2 is 2.21 bits per heavy atom. The molecule has 1 heterocycles. The second-order valence-electron chi connectivity index (χ2n) is 4.11. The lowest BCUT2D eigenvalue weighted by atomic mass is 10.1. The molecule has 1 aromatic carbocycles. The third-order valence-corrected chi connectivity index (χ3v) is 3.21. The van der Waals surface area contributed by atoms with Gasteiger partial charge in [0.2, 0.25) is 0 Å². The second-order valence-corrected chi connectivity index (χ2v) is 4.51. The van der Waals surface area contributed by atoms with Crippen molar-refractivity contribution in [1.29, 1.82) is 0 Å². The van der Waals surface area contributed by atoms with Crippen LogP contribution in [0.2, 0.25) is 5.02 Å². The van der Waals surface area contributed by atoms with Crippen LogP contribution in [-0.2, 0) is 6.54 Å². The molecule has 0 atom stereocenters. The van der Waals surface area contributed by atoms with Gasteiger partial charge in [0.15, 0.2) is 0 Å². The summed E-state index contributed by atoms with van der Waals surface area (Å²) in [5.74, 6) is -0.206. The van der Waals surface area contributed by atoms with E-state index in [2.05, 4.69) is 10.3 Å². The van der Waals surface area contributed by atoms with Crippen molar-refractivity contribution >= 4 is 23.2 Å². The number of nitrogens with zero attached hydrogens (tertiary/aromatic N) is 1. The number of carbonyl (C=O) groups is 1. The van der Waals surface area contributed by atoms with Crippen molar-refractivity contribution in [2.75, 3.05) is 5.32 Å². The van der Waals surface area contributed by atoms with E-state index in [9.17, 15) is 4.79 Å². The maximum atomic E-state index is 12.1. The molecule has 5 heteroatoms. The molecular formula is C14H14ClN3O. The number of rotatable bonds is 3. The number of anilines is 1. The molecule has 1 aromatic heterocycles. The summed E-state index contributed by atoms with van der Waals surface area (Å²) in [6.07, 6.45) is 1.57. The molecular weight excluding hydrogens is 262 g/mol. The maximum absolute atomic E-state index is 12.1. The minimum Gasteiger partial charge on any atom is -0.325 e. The highest BCUT2D eigenvalue weighted by Gasteiger charge is 2.09. The maximum Gasteiger partial charge on any atom is 0.255 e. The summed E-state index contributed by atoms with van der Waals surface area (Å²) in [4.78, 5) is 16.2. The van der Waals surface area contributed by atoms with E-state index < -0.39 is 0 Å². The van der Waals surface area contributed by atoms with Crippen molar-refractivity contribution in [3.63, 3.8) is 0 Å². The number of halogens is 1. The number of nitrogens with two attached hydrogens (primary N) is 1. The van der Waals surface area contributed by atoms with Crippen molar-refractivity contribution in [2.24, 2.45) is 5.73 Å². The Kier molecular flexibility index (Phi) is 4.14.